The molecule has 0 spiro atoms. The Balaban J connectivity index is 2.01. The lowest BCUT2D eigenvalue weighted by atomic mass is 10.1. The van der Waals surface area contributed by atoms with Crippen LogP contribution in [0.25, 0.3) is 0 Å². The third kappa shape index (κ3) is 3.38. The number of fused-ring (bicyclic) bond motifs is 1. The van der Waals surface area contributed by atoms with E-state index in [9.17, 15) is 4.79 Å². The maximum atomic E-state index is 11.7. The molecule has 0 aromatic heterocycles. The van der Waals surface area contributed by atoms with Gasteiger partial charge in [0.25, 0.3) is 0 Å². The average molecular weight is 264 g/mol. The molecule has 0 saturated carbocycles. The van der Waals surface area contributed by atoms with Gasteiger partial charge in [0, 0.05) is 13.1 Å². The first-order chi connectivity index (χ1) is 9.10. The van der Waals surface area contributed by atoms with E-state index in [2.05, 4.69) is 0 Å². The third-order valence-corrected chi connectivity index (χ3v) is 2.92. The fourth-order valence-corrected chi connectivity index (χ4v) is 2.01. The second-order valence-corrected chi connectivity index (χ2v) is 4.84. The molecular weight excluding hydrogens is 244 g/mol. The lowest BCUT2D eigenvalue weighted by molar-refractivity contribution is 0.106. The SMILES string of the molecule is CCOC(=O)N1Cc2ccc(OCN(C)C)cc2C1. The smallest absolute Gasteiger partial charge is 0.410 e. The second-order valence-electron chi connectivity index (χ2n) is 4.84. The number of amides is 1. The summed E-state index contributed by atoms with van der Waals surface area (Å²) < 4.78 is 10.6. The highest BCUT2D eigenvalue weighted by molar-refractivity contribution is 5.69. The van der Waals surface area contributed by atoms with Gasteiger partial charge in [0.2, 0.25) is 0 Å². The summed E-state index contributed by atoms with van der Waals surface area (Å²) in [5.74, 6) is 0.832. The molecule has 0 bridgehead atoms. The van der Waals surface area contributed by atoms with Gasteiger partial charge in [-0.2, -0.15) is 0 Å². The topological polar surface area (TPSA) is 42.0 Å². The van der Waals surface area contributed by atoms with Gasteiger partial charge in [-0.1, -0.05) is 6.07 Å². The fraction of sp³-hybridized carbons (Fsp3) is 0.500. The number of hydrogen-bond donors (Lipinski definition) is 0. The minimum absolute atomic E-state index is 0.255. The molecule has 19 heavy (non-hydrogen) atoms. The number of ether oxygens (including phenoxy) is 2. The third-order valence-electron chi connectivity index (χ3n) is 2.92. The summed E-state index contributed by atoms with van der Waals surface area (Å²) in [7, 11) is 3.91. The highest BCUT2D eigenvalue weighted by atomic mass is 16.6. The number of hydrogen-bond acceptors (Lipinski definition) is 4. The van der Waals surface area contributed by atoms with E-state index in [4.69, 9.17) is 9.47 Å². The molecule has 0 fully saturated rings. The van der Waals surface area contributed by atoms with Gasteiger partial charge in [0.15, 0.2) is 0 Å². The van der Waals surface area contributed by atoms with Crippen molar-refractivity contribution < 1.29 is 14.3 Å². The zero-order chi connectivity index (χ0) is 13.8. The molecular formula is C14H20N2O3. The Hall–Kier alpha value is -1.75. The highest BCUT2D eigenvalue weighted by Crippen LogP contribution is 2.27. The molecule has 0 N–H and O–H groups in total. The monoisotopic (exact) mass is 264 g/mol. The molecule has 5 heteroatoms. The molecule has 0 radical (unpaired) electrons. The van der Waals surface area contributed by atoms with Crippen LogP contribution in [-0.2, 0) is 17.8 Å². The molecule has 1 heterocycles. The van der Waals surface area contributed by atoms with Crippen molar-refractivity contribution in [1.29, 1.82) is 0 Å². The summed E-state index contributed by atoms with van der Waals surface area (Å²) in [4.78, 5) is 15.3. The number of carbonyl (C=O) groups is 1. The van der Waals surface area contributed by atoms with Crippen LogP contribution in [0.5, 0.6) is 5.75 Å². The Morgan fingerprint density at radius 2 is 2.05 bits per heavy atom. The van der Waals surface area contributed by atoms with Crippen LogP contribution in [0, 0.1) is 0 Å². The molecule has 0 aliphatic carbocycles. The van der Waals surface area contributed by atoms with Crippen molar-refractivity contribution in [3.05, 3.63) is 29.3 Å². The summed E-state index contributed by atoms with van der Waals surface area (Å²) in [6, 6.07) is 5.95. The first kappa shape index (κ1) is 13.7. The first-order valence-electron chi connectivity index (χ1n) is 6.41. The first-order valence-corrected chi connectivity index (χ1v) is 6.41. The normalized spacial score (nSPS) is 13.6. The molecule has 104 valence electrons. The van der Waals surface area contributed by atoms with Crippen molar-refractivity contribution in [2.24, 2.45) is 0 Å². The van der Waals surface area contributed by atoms with Crippen LogP contribution in [0.4, 0.5) is 4.79 Å². The Bertz CT molecular complexity index is 460. The largest absolute Gasteiger partial charge is 0.478 e. The van der Waals surface area contributed by atoms with Gasteiger partial charge in [-0.25, -0.2) is 4.79 Å². The zero-order valence-electron chi connectivity index (χ0n) is 11.7. The van der Waals surface area contributed by atoms with E-state index in [0.717, 1.165) is 16.9 Å². The molecule has 1 aliphatic rings. The Morgan fingerprint density at radius 1 is 1.32 bits per heavy atom. The van der Waals surface area contributed by atoms with Crippen molar-refractivity contribution in [1.82, 2.24) is 9.80 Å². The molecule has 0 atom stereocenters. The lowest BCUT2D eigenvalue weighted by Crippen LogP contribution is -2.25. The molecule has 0 unspecified atom stereocenters. The quantitative estimate of drug-likeness (QED) is 0.781. The van der Waals surface area contributed by atoms with Gasteiger partial charge in [0.1, 0.15) is 12.5 Å². The minimum atomic E-state index is -0.255. The van der Waals surface area contributed by atoms with E-state index < -0.39 is 0 Å². The Morgan fingerprint density at radius 3 is 2.74 bits per heavy atom. The summed E-state index contributed by atoms with van der Waals surface area (Å²) in [5, 5.41) is 0. The van der Waals surface area contributed by atoms with E-state index in [1.165, 1.54) is 0 Å². The van der Waals surface area contributed by atoms with E-state index in [1.807, 2.05) is 44.1 Å². The van der Waals surface area contributed by atoms with E-state index >= 15 is 0 Å². The van der Waals surface area contributed by atoms with Crippen LogP contribution in [0.2, 0.25) is 0 Å². The molecule has 1 aromatic carbocycles. The lowest BCUT2D eigenvalue weighted by Gasteiger charge is -2.14. The van der Waals surface area contributed by atoms with Crippen molar-refractivity contribution in [2.75, 3.05) is 27.4 Å². The number of carbonyl (C=O) groups excluding carboxylic acids is 1. The van der Waals surface area contributed by atoms with Crippen molar-refractivity contribution in [3.8, 4) is 5.75 Å². The molecule has 1 amide bonds. The van der Waals surface area contributed by atoms with E-state index in [-0.39, 0.29) is 6.09 Å². The van der Waals surface area contributed by atoms with Crippen LogP contribution in [0.1, 0.15) is 18.1 Å². The van der Waals surface area contributed by atoms with Gasteiger partial charge >= 0.3 is 6.09 Å². The van der Waals surface area contributed by atoms with Gasteiger partial charge < -0.3 is 9.47 Å². The Kier molecular flexibility index (Phi) is 4.27. The Labute approximate surface area is 113 Å². The van der Waals surface area contributed by atoms with Gasteiger partial charge in [-0.15, -0.1) is 0 Å². The zero-order valence-corrected chi connectivity index (χ0v) is 11.7. The summed E-state index contributed by atoms with van der Waals surface area (Å²) in [6.07, 6.45) is -0.255. The molecule has 5 nitrogen and oxygen atoms in total. The number of nitrogens with zero attached hydrogens (tertiary/aromatic N) is 2. The molecule has 2 rings (SSSR count). The second kappa shape index (κ2) is 5.93. The summed E-state index contributed by atoms with van der Waals surface area (Å²) in [6.45, 7) is 3.97. The van der Waals surface area contributed by atoms with Crippen molar-refractivity contribution in [3.63, 3.8) is 0 Å². The number of rotatable bonds is 4. The summed E-state index contributed by atoms with van der Waals surface area (Å²) >= 11 is 0. The van der Waals surface area contributed by atoms with Gasteiger partial charge in [-0.3, -0.25) is 9.80 Å². The molecule has 1 aromatic rings. The maximum absolute atomic E-state index is 11.7. The summed E-state index contributed by atoms with van der Waals surface area (Å²) in [5.41, 5.74) is 2.29. The van der Waals surface area contributed by atoms with Gasteiger partial charge in [-0.05, 0) is 44.3 Å². The van der Waals surface area contributed by atoms with E-state index in [1.54, 1.807) is 4.90 Å². The number of benzene rings is 1. The predicted molar refractivity (Wildman–Crippen MR) is 71.9 cm³/mol. The van der Waals surface area contributed by atoms with Crippen LogP contribution >= 0.6 is 0 Å². The van der Waals surface area contributed by atoms with Crippen LogP contribution in [-0.4, -0.2) is 43.3 Å². The molecule has 0 saturated heterocycles. The van der Waals surface area contributed by atoms with Crippen molar-refractivity contribution in [2.45, 2.75) is 20.0 Å². The van der Waals surface area contributed by atoms with Crippen molar-refractivity contribution >= 4 is 6.09 Å². The highest BCUT2D eigenvalue weighted by Gasteiger charge is 2.24. The average Bonchev–Trinajstić information content (AvgIpc) is 2.79. The van der Waals surface area contributed by atoms with Crippen LogP contribution < -0.4 is 4.74 Å². The molecule has 1 aliphatic heterocycles. The maximum Gasteiger partial charge on any atom is 0.410 e. The fourth-order valence-electron chi connectivity index (χ4n) is 2.01. The van der Waals surface area contributed by atoms with Crippen LogP contribution in [0.3, 0.4) is 0 Å². The minimum Gasteiger partial charge on any atom is -0.478 e. The van der Waals surface area contributed by atoms with Gasteiger partial charge in [0.05, 0.1) is 6.61 Å². The van der Waals surface area contributed by atoms with E-state index in [0.29, 0.717) is 26.4 Å². The van der Waals surface area contributed by atoms with Crippen LogP contribution in [0.15, 0.2) is 18.2 Å². The standard InChI is InChI=1S/C14H20N2O3/c1-4-18-14(17)16-8-11-5-6-13(7-12(11)9-16)19-10-15(2)3/h5-7H,4,8-10H2,1-3H3. The predicted octanol–water partition coefficient (Wildman–Crippen LogP) is 2.06.